The van der Waals surface area contributed by atoms with Gasteiger partial charge < -0.3 is 15.6 Å². The van der Waals surface area contributed by atoms with Crippen LogP contribution < -0.4 is 11.1 Å². The zero-order chi connectivity index (χ0) is 18.8. The lowest BCUT2D eigenvalue weighted by atomic mass is 10.2. The van der Waals surface area contributed by atoms with E-state index in [0.29, 0.717) is 18.1 Å². The van der Waals surface area contributed by atoms with Crippen LogP contribution in [0.15, 0.2) is 60.9 Å². The van der Waals surface area contributed by atoms with Gasteiger partial charge in [-0.2, -0.15) is 4.98 Å². The van der Waals surface area contributed by atoms with Crippen LogP contribution in [0.5, 0.6) is 0 Å². The van der Waals surface area contributed by atoms with Gasteiger partial charge in [0.05, 0.1) is 6.54 Å². The normalized spacial score (nSPS) is 11.1. The summed E-state index contributed by atoms with van der Waals surface area (Å²) < 4.78 is 29.1. The van der Waals surface area contributed by atoms with E-state index in [1.165, 1.54) is 6.07 Å². The van der Waals surface area contributed by atoms with Crippen molar-refractivity contribution in [1.82, 2.24) is 14.5 Å². The minimum Gasteiger partial charge on any atom is -0.328 e. The Morgan fingerprint density at radius 2 is 1.85 bits per heavy atom. The SMILES string of the molecule is NCc1ccc(Nc2ncc3ccn(Cc4cc(F)ccc4F)c3n2)cc1. The highest BCUT2D eigenvalue weighted by Gasteiger charge is 2.10. The van der Waals surface area contributed by atoms with E-state index in [2.05, 4.69) is 15.3 Å². The molecule has 0 atom stereocenters. The summed E-state index contributed by atoms with van der Waals surface area (Å²) in [4.78, 5) is 8.82. The Morgan fingerprint density at radius 3 is 2.63 bits per heavy atom. The largest absolute Gasteiger partial charge is 0.328 e. The van der Waals surface area contributed by atoms with Crippen LogP contribution in [0.3, 0.4) is 0 Å². The minimum absolute atomic E-state index is 0.175. The molecule has 2 heterocycles. The van der Waals surface area contributed by atoms with Crippen LogP contribution in [0.1, 0.15) is 11.1 Å². The molecule has 0 bridgehead atoms. The standard InChI is InChI=1S/C20H17F2N5/c21-16-3-6-18(22)15(9-16)12-27-8-7-14-11-24-20(26-19(14)27)25-17-4-1-13(10-23)2-5-17/h1-9,11H,10,12,23H2,(H,24,25,26). The number of nitrogens with two attached hydrogens (primary N) is 1. The van der Waals surface area contributed by atoms with Crippen molar-refractivity contribution in [1.29, 1.82) is 0 Å². The van der Waals surface area contributed by atoms with Crippen LogP contribution in [0.2, 0.25) is 0 Å². The fourth-order valence-electron chi connectivity index (χ4n) is 2.86. The average molecular weight is 365 g/mol. The molecule has 2 aromatic heterocycles. The molecule has 2 aromatic carbocycles. The molecular weight excluding hydrogens is 348 g/mol. The molecular formula is C20H17F2N5. The lowest BCUT2D eigenvalue weighted by Gasteiger charge is -2.09. The summed E-state index contributed by atoms with van der Waals surface area (Å²) in [6.07, 6.45) is 3.47. The summed E-state index contributed by atoms with van der Waals surface area (Å²) in [5.74, 6) is -0.505. The van der Waals surface area contributed by atoms with Crippen LogP contribution >= 0.6 is 0 Å². The van der Waals surface area contributed by atoms with Crippen LogP contribution in [-0.2, 0) is 13.1 Å². The van der Waals surface area contributed by atoms with Gasteiger partial charge in [-0.3, -0.25) is 0 Å². The summed E-state index contributed by atoms with van der Waals surface area (Å²) in [6.45, 7) is 0.654. The Kier molecular flexibility index (Phi) is 4.52. The Morgan fingerprint density at radius 1 is 1.04 bits per heavy atom. The van der Waals surface area contributed by atoms with Crippen LogP contribution in [0, 0.1) is 11.6 Å². The van der Waals surface area contributed by atoms with Gasteiger partial charge in [0.2, 0.25) is 5.95 Å². The maximum absolute atomic E-state index is 14.0. The average Bonchev–Trinajstić information content (AvgIpc) is 3.07. The molecule has 0 amide bonds. The first-order valence-electron chi connectivity index (χ1n) is 8.44. The number of halogens is 2. The van der Waals surface area contributed by atoms with Crippen molar-refractivity contribution >= 4 is 22.7 Å². The molecule has 0 saturated heterocycles. The Labute approximate surface area is 154 Å². The fraction of sp³-hybridized carbons (Fsp3) is 0.100. The Hall–Kier alpha value is -3.32. The maximum atomic E-state index is 14.0. The molecule has 27 heavy (non-hydrogen) atoms. The number of hydrogen-bond acceptors (Lipinski definition) is 4. The number of rotatable bonds is 5. The second-order valence-corrected chi connectivity index (χ2v) is 6.18. The summed E-state index contributed by atoms with van der Waals surface area (Å²) in [6, 6.07) is 12.9. The second kappa shape index (κ2) is 7.13. The molecule has 0 fully saturated rings. The lowest BCUT2D eigenvalue weighted by molar-refractivity contribution is 0.578. The van der Waals surface area contributed by atoms with Crippen LogP contribution in [0.4, 0.5) is 20.4 Å². The van der Waals surface area contributed by atoms with Crippen molar-refractivity contribution in [3.05, 3.63) is 83.7 Å². The van der Waals surface area contributed by atoms with Crippen molar-refractivity contribution in [3.63, 3.8) is 0 Å². The number of benzene rings is 2. The van der Waals surface area contributed by atoms with E-state index < -0.39 is 11.6 Å². The van der Waals surface area contributed by atoms with Gasteiger partial charge >= 0.3 is 0 Å². The highest BCUT2D eigenvalue weighted by Crippen LogP contribution is 2.20. The van der Waals surface area contributed by atoms with Gasteiger partial charge in [-0.15, -0.1) is 0 Å². The molecule has 0 unspecified atom stereocenters. The smallest absolute Gasteiger partial charge is 0.229 e. The molecule has 4 aromatic rings. The predicted molar refractivity (Wildman–Crippen MR) is 101 cm³/mol. The third-order valence-corrected chi connectivity index (χ3v) is 4.30. The lowest BCUT2D eigenvalue weighted by Crippen LogP contribution is -2.04. The van der Waals surface area contributed by atoms with Gasteiger partial charge in [-0.1, -0.05) is 12.1 Å². The van der Waals surface area contributed by atoms with E-state index >= 15 is 0 Å². The van der Waals surface area contributed by atoms with Crippen molar-refractivity contribution in [2.45, 2.75) is 13.1 Å². The first-order valence-corrected chi connectivity index (χ1v) is 8.44. The summed E-state index contributed by atoms with van der Waals surface area (Å²) in [5.41, 5.74) is 8.37. The van der Waals surface area contributed by atoms with E-state index in [9.17, 15) is 8.78 Å². The van der Waals surface area contributed by atoms with Gasteiger partial charge in [-0.25, -0.2) is 13.8 Å². The van der Waals surface area contributed by atoms with Crippen LogP contribution in [0.25, 0.3) is 11.0 Å². The van der Waals surface area contributed by atoms with E-state index in [1.807, 2.05) is 30.3 Å². The van der Waals surface area contributed by atoms with Crippen molar-refractivity contribution in [2.24, 2.45) is 5.73 Å². The quantitative estimate of drug-likeness (QED) is 0.562. The predicted octanol–water partition coefficient (Wildman–Crippen LogP) is 3.96. The molecule has 0 aliphatic carbocycles. The van der Waals surface area contributed by atoms with Gasteiger partial charge in [0.1, 0.15) is 17.3 Å². The first kappa shape index (κ1) is 17.1. The summed E-state index contributed by atoms with van der Waals surface area (Å²) >= 11 is 0. The van der Waals surface area contributed by atoms with Crippen molar-refractivity contribution in [3.8, 4) is 0 Å². The molecule has 136 valence electrons. The Bertz CT molecular complexity index is 1090. The molecule has 0 spiro atoms. The number of aromatic nitrogens is 3. The van der Waals surface area contributed by atoms with Gasteiger partial charge in [0.15, 0.2) is 0 Å². The van der Waals surface area contributed by atoms with E-state index in [4.69, 9.17) is 5.73 Å². The maximum Gasteiger partial charge on any atom is 0.229 e. The monoisotopic (exact) mass is 365 g/mol. The third kappa shape index (κ3) is 3.63. The van der Waals surface area contributed by atoms with E-state index in [0.717, 1.165) is 28.8 Å². The minimum atomic E-state index is -0.472. The van der Waals surface area contributed by atoms with Crippen LogP contribution in [-0.4, -0.2) is 14.5 Å². The number of fused-ring (bicyclic) bond motifs is 1. The molecule has 3 N–H and O–H groups in total. The number of nitrogens with zero attached hydrogens (tertiary/aromatic N) is 3. The topological polar surface area (TPSA) is 68.8 Å². The van der Waals surface area contributed by atoms with Gasteiger partial charge in [0.25, 0.3) is 0 Å². The van der Waals surface area contributed by atoms with E-state index in [1.54, 1.807) is 17.0 Å². The molecule has 0 aliphatic heterocycles. The molecule has 7 heteroatoms. The van der Waals surface area contributed by atoms with Gasteiger partial charge in [0, 0.05) is 35.6 Å². The molecule has 0 radical (unpaired) electrons. The zero-order valence-electron chi connectivity index (χ0n) is 14.4. The molecule has 0 aliphatic rings. The molecule has 0 saturated carbocycles. The molecule has 5 nitrogen and oxygen atoms in total. The van der Waals surface area contributed by atoms with E-state index in [-0.39, 0.29) is 12.1 Å². The summed E-state index contributed by atoms with van der Waals surface area (Å²) in [7, 11) is 0. The zero-order valence-corrected chi connectivity index (χ0v) is 14.4. The summed E-state index contributed by atoms with van der Waals surface area (Å²) in [5, 5.41) is 3.95. The molecule has 4 rings (SSSR count). The fourth-order valence-corrected chi connectivity index (χ4v) is 2.86. The van der Waals surface area contributed by atoms with Crippen molar-refractivity contribution in [2.75, 3.05) is 5.32 Å². The third-order valence-electron chi connectivity index (χ3n) is 4.30. The first-order chi connectivity index (χ1) is 13.1. The number of anilines is 2. The number of nitrogens with one attached hydrogen (secondary N) is 1. The van der Waals surface area contributed by atoms with Gasteiger partial charge in [-0.05, 0) is 42.0 Å². The van der Waals surface area contributed by atoms with Crippen molar-refractivity contribution < 1.29 is 8.78 Å². The highest BCUT2D eigenvalue weighted by molar-refractivity contribution is 5.77. The second-order valence-electron chi connectivity index (χ2n) is 6.18. The Balaban J connectivity index is 1.63. The highest BCUT2D eigenvalue weighted by atomic mass is 19.1. The number of hydrogen-bond donors (Lipinski definition) is 2.